The number of likely N-dealkylation sites (N-methyl/N-ethyl adjacent to an activating group) is 1. The van der Waals surface area contributed by atoms with Crippen molar-refractivity contribution in [2.75, 3.05) is 7.05 Å². The second-order valence-corrected chi connectivity index (χ2v) is 3.78. The molecule has 0 aliphatic rings. The van der Waals surface area contributed by atoms with E-state index in [4.69, 9.17) is 0 Å². The number of carbonyl (C=O) groups excluding carboxylic acids is 1. The summed E-state index contributed by atoms with van der Waals surface area (Å²) in [6, 6.07) is 0.403. The highest BCUT2D eigenvalue weighted by Crippen LogP contribution is 2.05. The molecule has 1 amide bonds. The standard InChI is InChI=1S/C11H24N2O.ClH/c1-5-7-10(8-6-2)13-9(3)11(14)12-4;/h9-10,13H,5-8H2,1-4H3,(H,12,14);1H/t9-;/m1./s1. The zero-order chi connectivity index (χ0) is 11.0. The van der Waals surface area contributed by atoms with Crippen LogP contribution in [0.5, 0.6) is 0 Å². The van der Waals surface area contributed by atoms with Crippen molar-refractivity contribution in [3.05, 3.63) is 0 Å². The molecule has 0 aliphatic heterocycles. The molecule has 0 rings (SSSR count). The Hall–Kier alpha value is -0.280. The van der Waals surface area contributed by atoms with Crippen LogP contribution in [0.2, 0.25) is 0 Å². The van der Waals surface area contributed by atoms with Crippen LogP contribution < -0.4 is 10.6 Å². The van der Waals surface area contributed by atoms with Gasteiger partial charge in [-0.2, -0.15) is 0 Å². The molecule has 0 spiro atoms. The Morgan fingerprint density at radius 3 is 2.00 bits per heavy atom. The Morgan fingerprint density at radius 2 is 1.67 bits per heavy atom. The molecule has 15 heavy (non-hydrogen) atoms. The summed E-state index contributed by atoms with van der Waals surface area (Å²) in [4.78, 5) is 11.3. The Kier molecular flexibility index (Phi) is 11.7. The molecule has 1 atom stereocenters. The van der Waals surface area contributed by atoms with Gasteiger partial charge in [0.2, 0.25) is 5.91 Å². The SMILES string of the molecule is CCCC(CCC)N[C@H](C)C(=O)NC.Cl. The Balaban J connectivity index is 0. The van der Waals surface area contributed by atoms with Gasteiger partial charge in [-0.05, 0) is 19.8 Å². The van der Waals surface area contributed by atoms with Crippen LogP contribution in [-0.4, -0.2) is 25.0 Å². The van der Waals surface area contributed by atoms with Crippen molar-refractivity contribution in [1.29, 1.82) is 0 Å². The lowest BCUT2D eigenvalue weighted by Gasteiger charge is -2.21. The molecule has 2 N–H and O–H groups in total. The van der Waals surface area contributed by atoms with Gasteiger partial charge in [0.05, 0.1) is 6.04 Å². The van der Waals surface area contributed by atoms with Crippen LogP contribution in [0.25, 0.3) is 0 Å². The quantitative estimate of drug-likeness (QED) is 0.711. The average molecular weight is 237 g/mol. The zero-order valence-corrected chi connectivity index (χ0v) is 11.1. The highest BCUT2D eigenvalue weighted by atomic mass is 35.5. The van der Waals surface area contributed by atoms with Gasteiger partial charge in [0.15, 0.2) is 0 Å². The molecule has 0 aromatic rings. The number of carbonyl (C=O) groups is 1. The van der Waals surface area contributed by atoms with Gasteiger partial charge in [-0.3, -0.25) is 4.79 Å². The van der Waals surface area contributed by atoms with Gasteiger partial charge < -0.3 is 10.6 Å². The van der Waals surface area contributed by atoms with Crippen molar-refractivity contribution in [3.8, 4) is 0 Å². The van der Waals surface area contributed by atoms with Crippen LogP contribution in [0.4, 0.5) is 0 Å². The lowest BCUT2D eigenvalue weighted by molar-refractivity contribution is -0.122. The van der Waals surface area contributed by atoms with Gasteiger partial charge in [0, 0.05) is 13.1 Å². The van der Waals surface area contributed by atoms with Gasteiger partial charge >= 0.3 is 0 Å². The van der Waals surface area contributed by atoms with E-state index in [9.17, 15) is 4.79 Å². The minimum Gasteiger partial charge on any atom is -0.358 e. The van der Waals surface area contributed by atoms with E-state index in [1.807, 2.05) is 6.92 Å². The van der Waals surface area contributed by atoms with Gasteiger partial charge in [0.1, 0.15) is 0 Å². The Morgan fingerprint density at radius 1 is 1.20 bits per heavy atom. The minimum absolute atomic E-state index is 0. The molecule has 0 saturated carbocycles. The smallest absolute Gasteiger partial charge is 0.236 e. The van der Waals surface area contributed by atoms with Crippen LogP contribution >= 0.6 is 12.4 Å². The summed E-state index contributed by atoms with van der Waals surface area (Å²) in [5.74, 6) is 0.0715. The first-order chi connectivity index (χ1) is 6.65. The molecule has 0 unspecified atom stereocenters. The predicted octanol–water partition coefficient (Wildman–Crippen LogP) is 2.10. The second-order valence-electron chi connectivity index (χ2n) is 3.78. The first-order valence-corrected chi connectivity index (χ1v) is 5.63. The summed E-state index contributed by atoms with van der Waals surface area (Å²) < 4.78 is 0. The molecule has 3 nitrogen and oxygen atoms in total. The van der Waals surface area contributed by atoms with E-state index in [-0.39, 0.29) is 24.4 Å². The number of rotatable bonds is 7. The summed E-state index contributed by atoms with van der Waals surface area (Å²) in [5.41, 5.74) is 0. The molecular formula is C11H25ClN2O. The largest absolute Gasteiger partial charge is 0.358 e. The lowest BCUT2D eigenvalue weighted by atomic mass is 10.1. The monoisotopic (exact) mass is 236 g/mol. The van der Waals surface area contributed by atoms with Crippen molar-refractivity contribution in [3.63, 3.8) is 0 Å². The first-order valence-electron chi connectivity index (χ1n) is 5.63. The molecule has 0 bridgehead atoms. The van der Waals surface area contributed by atoms with Crippen LogP contribution in [0.15, 0.2) is 0 Å². The normalized spacial score (nSPS) is 12.1. The van der Waals surface area contributed by atoms with Gasteiger partial charge in [-0.1, -0.05) is 26.7 Å². The summed E-state index contributed by atoms with van der Waals surface area (Å²) in [6.07, 6.45) is 4.63. The molecule has 0 fully saturated rings. The van der Waals surface area contributed by atoms with Crippen molar-refractivity contribution in [2.24, 2.45) is 0 Å². The maximum atomic E-state index is 11.3. The van der Waals surface area contributed by atoms with E-state index < -0.39 is 0 Å². The average Bonchev–Trinajstić information content (AvgIpc) is 2.17. The third kappa shape index (κ3) is 7.63. The summed E-state index contributed by atoms with van der Waals surface area (Å²) in [6.45, 7) is 6.26. The van der Waals surface area contributed by atoms with E-state index in [1.165, 1.54) is 0 Å². The van der Waals surface area contributed by atoms with Crippen LogP contribution in [0.3, 0.4) is 0 Å². The van der Waals surface area contributed by atoms with Crippen molar-refractivity contribution >= 4 is 18.3 Å². The first kappa shape index (κ1) is 17.1. The van der Waals surface area contributed by atoms with E-state index in [0.29, 0.717) is 6.04 Å². The highest BCUT2D eigenvalue weighted by Gasteiger charge is 2.15. The van der Waals surface area contributed by atoms with Gasteiger partial charge in [0.25, 0.3) is 0 Å². The molecule has 0 aromatic heterocycles. The highest BCUT2D eigenvalue weighted by molar-refractivity contribution is 5.85. The van der Waals surface area contributed by atoms with E-state index in [1.54, 1.807) is 7.05 Å². The van der Waals surface area contributed by atoms with Crippen molar-refractivity contribution in [1.82, 2.24) is 10.6 Å². The number of amides is 1. The fourth-order valence-electron chi connectivity index (χ4n) is 1.65. The fraction of sp³-hybridized carbons (Fsp3) is 0.909. The van der Waals surface area contributed by atoms with E-state index >= 15 is 0 Å². The van der Waals surface area contributed by atoms with Crippen LogP contribution in [0, 0.1) is 0 Å². The Labute approximate surface area is 99.8 Å². The number of halogens is 1. The molecule has 0 aliphatic carbocycles. The zero-order valence-electron chi connectivity index (χ0n) is 10.3. The summed E-state index contributed by atoms with van der Waals surface area (Å²) in [5, 5.41) is 6.01. The van der Waals surface area contributed by atoms with Gasteiger partial charge in [-0.25, -0.2) is 0 Å². The van der Waals surface area contributed by atoms with Crippen LogP contribution in [-0.2, 0) is 4.79 Å². The third-order valence-electron chi connectivity index (χ3n) is 2.40. The molecule has 92 valence electrons. The third-order valence-corrected chi connectivity index (χ3v) is 2.40. The molecule has 0 heterocycles. The molecule has 0 saturated heterocycles. The topological polar surface area (TPSA) is 41.1 Å². The van der Waals surface area contributed by atoms with Gasteiger partial charge in [-0.15, -0.1) is 12.4 Å². The fourth-order valence-corrected chi connectivity index (χ4v) is 1.65. The second kappa shape index (κ2) is 10.2. The molecule has 4 heteroatoms. The number of nitrogens with one attached hydrogen (secondary N) is 2. The Bertz CT molecular complexity index is 159. The predicted molar refractivity (Wildman–Crippen MR) is 67.5 cm³/mol. The molecule has 0 radical (unpaired) electrons. The van der Waals surface area contributed by atoms with E-state index in [0.717, 1.165) is 25.7 Å². The molecule has 0 aromatic carbocycles. The van der Waals surface area contributed by atoms with Crippen molar-refractivity contribution < 1.29 is 4.79 Å². The van der Waals surface area contributed by atoms with Crippen molar-refractivity contribution in [2.45, 2.75) is 58.5 Å². The number of hydrogen-bond acceptors (Lipinski definition) is 2. The summed E-state index contributed by atoms with van der Waals surface area (Å²) >= 11 is 0. The maximum Gasteiger partial charge on any atom is 0.236 e. The minimum atomic E-state index is -0.0805. The number of hydrogen-bond donors (Lipinski definition) is 2. The van der Waals surface area contributed by atoms with E-state index in [2.05, 4.69) is 24.5 Å². The summed E-state index contributed by atoms with van der Waals surface area (Å²) in [7, 11) is 1.68. The maximum absolute atomic E-state index is 11.3. The molecular weight excluding hydrogens is 212 g/mol. The lowest BCUT2D eigenvalue weighted by Crippen LogP contribution is -2.45. The van der Waals surface area contributed by atoms with Crippen LogP contribution in [0.1, 0.15) is 46.5 Å².